The summed E-state index contributed by atoms with van der Waals surface area (Å²) >= 11 is 0. The van der Waals surface area contributed by atoms with E-state index in [1.54, 1.807) is 0 Å². The summed E-state index contributed by atoms with van der Waals surface area (Å²) in [6, 6.07) is 0. The Hall–Kier alpha value is -0.540. The fourth-order valence-electron chi connectivity index (χ4n) is 0.139. The minimum atomic E-state index is -0.720. The van der Waals surface area contributed by atoms with Crippen molar-refractivity contribution in [3.63, 3.8) is 0 Å². The van der Waals surface area contributed by atoms with Crippen molar-refractivity contribution < 1.29 is 9.84 Å². The fraction of sp³-hybridized carbons (Fsp3) is 0.500. The minimum Gasteiger partial charge on any atom is -0.474 e. The average Bonchev–Trinajstić information content (AvgIpc) is 1.35. The number of ether oxygens (including phenoxy) is 1. The quantitative estimate of drug-likeness (QED) is 0.400. The van der Waals surface area contributed by atoms with Gasteiger partial charge in [0.05, 0.1) is 6.26 Å². The van der Waals surface area contributed by atoms with Crippen LogP contribution in [0.25, 0.3) is 0 Å². The topological polar surface area (TPSA) is 64.5 Å². The summed E-state index contributed by atoms with van der Waals surface area (Å²) in [4.78, 5) is 0. The van der Waals surface area contributed by atoms with Gasteiger partial charge >= 0.3 is 0 Å². The molecule has 4 N–H and O–H groups in total. The van der Waals surface area contributed by atoms with E-state index >= 15 is 0 Å². The van der Waals surface area contributed by atoms with Gasteiger partial charge in [0.2, 0.25) is 0 Å². The molecule has 0 radical (unpaired) electrons. The van der Waals surface area contributed by atoms with Gasteiger partial charge in [0.1, 0.15) is 0 Å². The van der Waals surface area contributed by atoms with Crippen LogP contribution in [-0.2, 0) is 4.74 Å². The van der Waals surface area contributed by atoms with Crippen LogP contribution in [0.1, 0.15) is 6.92 Å². The van der Waals surface area contributed by atoms with Crippen LogP contribution in [0.4, 0.5) is 0 Å². The van der Waals surface area contributed by atoms with Gasteiger partial charge in [-0.2, -0.15) is 0 Å². The second-order valence-electron chi connectivity index (χ2n) is 0.902. The van der Waals surface area contributed by atoms with Crippen LogP contribution in [-0.4, -0.2) is 11.4 Å². The first-order chi connectivity index (χ1) is 2.77. The molecule has 0 aliphatic heterocycles. The molecule has 0 aromatic heterocycles. The van der Waals surface area contributed by atoms with E-state index in [2.05, 4.69) is 11.3 Å². The standard InChI is InChI=1S/C4H8O2.H3N/c1-3-6-4(2)5;/h3-5H,1H2,2H3;1H3. The predicted molar refractivity (Wildman–Crippen MR) is 28.0 cm³/mol. The fourth-order valence-corrected chi connectivity index (χ4v) is 0.139. The summed E-state index contributed by atoms with van der Waals surface area (Å²) in [5, 5.41) is 8.26. The van der Waals surface area contributed by atoms with E-state index in [1.165, 1.54) is 13.2 Å². The maximum absolute atomic E-state index is 8.26. The monoisotopic (exact) mass is 105 g/mol. The van der Waals surface area contributed by atoms with Gasteiger partial charge in [0.25, 0.3) is 0 Å². The molecule has 0 fully saturated rings. The Bertz CT molecular complexity index is 45.0. The second-order valence-corrected chi connectivity index (χ2v) is 0.902. The van der Waals surface area contributed by atoms with E-state index in [-0.39, 0.29) is 6.15 Å². The number of aliphatic hydroxyl groups is 1. The lowest BCUT2D eigenvalue weighted by molar-refractivity contribution is -0.0345. The zero-order chi connectivity index (χ0) is 4.99. The summed E-state index contributed by atoms with van der Waals surface area (Å²) in [5.74, 6) is 0. The SMILES string of the molecule is C=COC(C)O.N. The van der Waals surface area contributed by atoms with Gasteiger partial charge < -0.3 is 16.0 Å². The summed E-state index contributed by atoms with van der Waals surface area (Å²) in [6.45, 7) is 4.73. The minimum absolute atomic E-state index is 0. The molecule has 1 unspecified atom stereocenters. The van der Waals surface area contributed by atoms with Crippen molar-refractivity contribution in [3.8, 4) is 0 Å². The van der Waals surface area contributed by atoms with Crippen molar-refractivity contribution >= 4 is 0 Å². The molecule has 0 aliphatic carbocycles. The van der Waals surface area contributed by atoms with E-state index in [9.17, 15) is 0 Å². The third kappa shape index (κ3) is 10.8. The maximum atomic E-state index is 8.26. The lowest BCUT2D eigenvalue weighted by Crippen LogP contribution is -1.98. The molecule has 7 heavy (non-hydrogen) atoms. The van der Waals surface area contributed by atoms with E-state index in [4.69, 9.17) is 5.11 Å². The highest BCUT2D eigenvalue weighted by Crippen LogP contribution is 1.79. The molecule has 44 valence electrons. The third-order valence-electron chi connectivity index (χ3n) is 0.293. The Morgan fingerprint density at radius 2 is 2.29 bits per heavy atom. The molecular weight excluding hydrogens is 94.0 g/mol. The first-order valence-electron chi connectivity index (χ1n) is 1.72. The van der Waals surface area contributed by atoms with Crippen molar-refractivity contribution in [2.75, 3.05) is 0 Å². The zero-order valence-electron chi connectivity index (χ0n) is 4.42. The van der Waals surface area contributed by atoms with Gasteiger partial charge in [0, 0.05) is 0 Å². The number of hydrogen-bond donors (Lipinski definition) is 2. The van der Waals surface area contributed by atoms with Crippen LogP contribution in [0.2, 0.25) is 0 Å². The van der Waals surface area contributed by atoms with Crippen molar-refractivity contribution in [1.82, 2.24) is 6.15 Å². The smallest absolute Gasteiger partial charge is 0.193 e. The van der Waals surface area contributed by atoms with Crippen molar-refractivity contribution in [1.29, 1.82) is 0 Å². The molecule has 0 saturated heterocycles. The van der Waals surface area contributed by atoms with Crippen molar-refractivity contribution in [2.45, 2.75) is 13.2 Å². The molecular formula is C4H11NO2. The average molecular weight is 105 g/mol. The summed E-state index contributed by atoms with van der Waals surface area (Å²) in [7, 11) is 0. The Balaban J connectivity index is 0. The van der Waals surface area contributed by atoms with Gasteiger partial charge in [0.15, 0.2) is 6.29 Å². The molecule has 3 heteroatoms. The second kappa shape index (κ2) is 5.46. The third-order valence-corrected chi connectivity index (χ3v) is 0.293. The molecule has 0 aliphatic rings. The number of aliphatic hydroxyl groups excluding tert-OH is 1. The molecule has 0 heterocycles. The highest BCUT2D eigenvalue weighted by Gasteiger charge is 1.82. The summed E-state index contributed by atoms with van der Waals surface area (Å²) < 4.78 is 4.36. The zero-order valence-corrected chi connectivity index (χ0v) is 4.42. The summed E-state index contributed by atoms with van der Waals surface area (Å²) in [5.41, 5.74) is 0. The molecule has 0 spiro atoms. The van der Waals surface area contributed by atoms with Gasteiger partial charge in [-0.05, 0) is 6.92 Å². The molecule has 0 aromatic rings. The van der Waals surface area contributed by atoms with Gasteiger partial charge in [-0.3, -0.25) is 0 Å². The maximum Gasteiger partial charge on any atom is 0.193 e. The Kier molecular flexibility index (Phi) is 7.55. The molecule has 0 amide bonds. The van der Waals surface area contributed by atoms with E-state index in [0.717, 1.165) is 0 Å². The molecule has 1 atom stereocenters. The Morgan fingerprint density at radius 3 is 2.29 bits per heavy atom. The number of rotatable bonds is 2. The van der Waals surface area contributed by atoms with Gasteiger partial charge in [-0.25, -0.2) is 0 Å². The Morgan fingerprint density at radius 1 is 1.86 bits per heavy atom. The first kappa shape index (κ1) is 9.68. The normalized spacial score (nSPS) is 11.1. The van der Waals surface area contributed by atoms with E-state index in [0.29, 0.717) is 0 Å². The Labute approximate surface area is 43.2 Å². The van der Waals surface area contributed by atoms with E-state index < -0.39 is 6.29 Å². The van der Waals surface area contributed by atoms with Crippen LogP contribution in [0.5, 0.6) is 0 Å². The highest BCUT2D eigenvalue weighted by atomic mass is 16.6. The van der Waals surface area contributed by atoms with Crippen molar-refractivity contribution in [2.24, 2.45) is 0 Å². The largest absolute Gasteiger partial charge is 0.474 e. The van der Waals surface area contributed by atoms with Gasteiger partial charge in [-0.1, -0.05) is 6.58 Å². The molecule has 0 aromatic carbocycles. The van der Waals surface area contributed by atoms with Crippen LogP contribution in [0.15, 0.2) is 12.8 Å². The molecule has 0 bridgehead atoms. The van der Waals surface area contributed by atoms with Crippen LogP contribution < -0.4 is 6.15 Å². The first-order valence-corrected chi connectivity index (χ1v) is 1.72. The number of hydrogen-bond acceptors (Lipinski definition) is 3. The molecule has 0 rings (SSSR count). The van der Waals surface area contributed by atoms with Crippen LogP contribution in [0.3, 0.4) is 0 Å². The predicted octanol–water partition coefficient (Wildman–Crippen LogP) is 0.647. The van der Waals surface area contributed by atoms with E-state index in [1.807, 2.05) is 0 Å². The molecule has 3 nitrogen and oxygen atoms in total. The molecule has 0 saturated carbocycles. The lowest BCUT2D eigenvalue weighted by Gasteiger charge is -1.98. The lowest BCUT2D eigenvalue weighted by atomic mass is 10.8. The summed E-state index contributed by atoms with van der Waals surface area (Å²) in [6.07, 6.45) is 0.479. The highest BCUT2D eigenvalue weighted by molar-refractivity contribution is 4.47. The van der Waals surface area contributed by atoms with Crippen LogP contribution >= 0.6 is 0 Å². The van der Waals surface area contributed by atoms with Crippen LogP contribution in [0, 0.1) is 0 Å². The van der Waals surface area contributed by atoms with Gasteiger partial charge in [-0.15, -0.1) is 0 Å². The van der Waals surface area contributed by atoms with Crippen molar-refractivity contribution in [3.05, 3.63) is 12.8 Å².